The van der Waals surface area contributed by atoms with Crippen LogP contribution in [0.15, 0.2) is 54.7 Å². The van der Waals surface area contributed by atoms with E-state index in [9.17, 15) is 13.6 Å². The Morgan fingerprint density at radius 1 is 0.966 bits per heavy atom. The Bertz CT molecular complexity index is 1010. The van der Waals surface area contributed by atoms with E-state index >= 15 is 0 Å². The third-order valence-electron chi connectivity index (χ3n) is 5.01. The number of rotatable bonds is 4. The Hall–Kier alpha value is -2.77. The first-order valence-corrected chi connectivity index (χ1v) is 9.66. The molecule has 1 aliphatic rings. The first-order chi connectivity index (χ1) is 14.0. The van der Waals surface area contributed by atoms with Gasteiger partial charge in [-0.2, -0.15) is 5.10 Å². The van der Waals surface area contributed by atoms with Crippen LogP contribution in [0, 0.1) is 11.6 Å². The quantitative estimate of drug-likeness (QED) is 0.650. The van der Waals surface area contributed by atoms with Gasteiger partial charge < -0.3 is 4.90 Å². The van der Waals surface area contributed by atoms with Crippen LogP contribution < -0.4 is 0 Å². The lowest BCUT2D eigenvalue weighted by Gasteiger charge is -2.34. The molecule has 150 valence electrons. The van der Waals surface area contributed by atoms with E-state index in [1.54, 1.807) is 47.5 Å². The number of piperazine rings is 1. The maximum absolute atomic E-state index is 14.0. The lowest BCUT2D eigenvalue weighted by Crippen LogP contribution is -2.48. The van der Waals surface area contributed by atoms with Crippen LogP contribution in [0.2, 0.25) is 5.02 Å². The summed E-state index contributed by atoms with van der Waals surface area (Å²) in [6.07, 6.45) is 1.57. The minimum absolute atomic E-state index is 0.205. The van der Waals surface area contributed by atoms with Gasteiger partial charge in [-0.15, -0.1) is 0 Å². The van der Waals surface area contributed by atoms with Crippen LogP contribution in [0.25, 0.3) is 5.69 Å². The number of aromatic nitrogens is 2. The predicted molar refractivity (Wildman–Crippen MR) is 106 cm³/mol. The van der Waals surface area contributed by atoms with Gasteiger partial charge in [0.15, 0.2) is 5.69 Å². The second-order valence-corrected chi connectivity index (χ2v) is 7.27. The molecule has 5 nitrogen and oxygen atoms in total. The maximum atomic E-state index is 14.0. The van der Waals surface area contributed by atoms with E-state index in [1.165, 1.54) is 16.8 Å². The van der Waals surface area contributed by atoms with Crippen LogP contribution in [0.5, 0.6) is 0 Å². The lowest BCUT2D eigenvalue weighted by molar-refractivity contribution is 0.0621. The molecule has 0 bridgehead atoms. The third kappa shape index (κ3) is 4.16. The second-order valence-electron chi connectivity index (χ2n) is 6.87. The topological polar surface area (TPSA) is 41.4 Å². The van der Waals surface area contributed by atoms with Crippen molar-refractivity contribution in [3.63, 3.8) is 0 Å². The zero-order valence-electron chi connectivity index (χ0n) is 15.6. The molecule has 2 heterocycles. The molecule has 0 aliphatic carbocycles. The zero-order valence-corrected chi connectivity index (χ0v) is 16.3. The highest BCUT2D eigenvalue weighted by atomic mass is 35.5. The minimum Gasteiger partial charge on any atom is -0.335 e. The summed E-state index contributed by atoms with van der Waals surface area (Å²) in [5, 5.41) is 4.64. The third-order valence-corrected chi connectivity index (χ3v) is 5.36. The Morgan fingerprint density at radius 3 is 2.41 bits per heavy atom. The second kappa shape index (κ2) is 8.31. The van der Waals surface area contributed by atoms with Gasteiger partial charge in [0.1, 0.15) is 17.3 Å². The Kier molecular flexibility index (Phi) is 5.60. The molecule has 1 aromatic heterocycles. The number of benzene rings is 2. The summed E-state index contributed by atoms with van der Waals surface area (Å²) < 4.78 is 29.3. The van der Waals surface area contributed by atoms with E-state index in [1.807, 2.05) is 0 Å². The van der Waals surface area contributed by atoms with E-state index in [-0.39, 0.29) is 23.1 Å². The van der Waals surface area contributed by atoms with E-state index in [0.717, 1.165) is 0 Å². The van der Waals surface area contributed by atoms with E-state index in [4.69, 9.17) is 11.6 Å². The molecule has 3 aromatic rings. The van der Waals surface area contributed by atoms with Crippen LogP contribution >= 0.6 is 11.6 Å². The van der Waals surface area contributed by atoms with Crippen LogP contribution in [-0.2, 0) is 6.54 Å². The summed E-state index contributed by atoms with van der Waals surface area (Å²) in [5.74, 6) is -0.937. The molecule has 8 heteroatoms. The highest BCUT2D eigenvalue weighted by Crippen LogP contribution is 2.21. The zero-order chi connectivity index (χ0) is 20.4. The molecule has 0 unspecified atom stereocenters. The average molecular weight is 417 g/mol. The van der Waals surface area contributed by atoms with Crippen LogP contribution in [0.3, 0.4) is 0 Å². The first-order valence-electron chi connectivity index (χ1n) is 9.28. The summed E-state index contributed by atoms with van der Waals surface area (Å²) in [6, 6.07) is 12.5. The normalized spacial score (nSPS) is 14.9. The van der Waals surface area contributed by atoms with Crippen molar-refractivity contribution < 1.29 is 13.6 Å². The molecule has 29 heavy (non-hydrogen) atoms. The number of hydrogen-bond donors (Lipinski definition) is 0. The highest BCUT2D eigenvalue weighted by Gasteiger charge is 2.25. The van der Waals surface area contributed by atoms with Crippen molar-refractivity contribution in [2.24, 2.45) is 0 Å². The number of halogens is 3. The number of para-hydroxylation sites is 1. The van der Waals surface area contributed by atoms with Gasteiger partial charge in [-0.1, -0.05) is 29.8 Å². The summed E-state index contributed by atoms with van der Waals surface area (Å²) in [4.78, 5) is 16.5. The van der Waals surface area contributed by atoms with Crippen molar-refractivity contribution in [3.8, 4) is 5.69 Å². The summed E-state index contributed by atoms with van der Waals surface area (Å²) in [7, 11) is 0. The minimum atomic E-state index is -0.407. The Labute approximate surface area is 172 Å². The Morgan fingerprint density at radius 2 is 1.69 bits per heavy atom. The molecule has 4 rings (SSSR count). The molecule has 0 spiro atoms. The van der Waals surface area contributed by atoms with Gasteiger partial charge in [0.05, 0.1) is 0 Å². The molecule has 0 atom stereocenters. The van der Waals surface area contributed by atoms with Crippen molar-refractivity contribution >= 4 is 17.5 Å². The molecule has 1 fully saturated rings. The van der Waals surface area contributed by atoms with Gasteiger partial charge in [0.2, 0.25) is 0 Å². The molecule has 0 saturated carbocycles. The number of carbonyl (C=O) groups excluding carboxylic acids is 1. The monoisotopic (exact) mass is 416 g/mol. The lowest BCUT2D eigenvalue weighted by atomic mass is 10.1. The average Bonchev–Trinajstić information content (AvgIpc) is 3.21. The SMILES string of the molecule is O=C(c1ccn(-c2ccccc2F)n1)N1CCN(Cc2c(F)cccc2Cl)CC1. The van der Waals surface area contributed by atoms with Gasteiger partial charge in [-0.3, -0.25) is 9.69 Å². The van der Waals surface area contributed by atoms with Gasteiger partial charge in [-0.05, 0) is 30.3 Å². The molecule has 2 aromatic carbocycles. The van der Waals surface area contributed by atoms with Gasteiger partial charge in [0.25, 0.3) is 5.91 Å². The fraction of sp³-hybridized carbons (Fsp3) is 0.238. The van der Waals surface area contributed by atoms with Crippen molar-refractivity contribution in [2.75, 3.05) is 26.2 Å². The molecule has 1 amide bonds. The maximum Gasteiger partial charge on any atom is 0.274 e. The first kappa shape index (κ1) is 19.5. The predicted octanol–water partition coefficient (Wildman–Crippen LogP) is 3.76. The van der Waals surface area contributed by atoms with E-state index in [0.29, 0.717) is 43.3 Å². The molecular formula is C21H19ClF2N4O. The van der Waals surface area contributed by atoms with Crippen LogP contribution in [0.4, 0.5) is 8.78 Å². The van der Waals surface area contributed by atoms with E-state index < -0.39 is 5.82 Å². The number of amides is 1. The van der Waals surface area contributed by atoms with E-state index in [2.05, 4.69) is 10.00 Å². The highest BCUT2D eigenvalue weighted by molar-refractivity contribution is 6.31. The van der Waals surface area contributed by atoms with Crippen molar-refractivity contribution in [2.45, 2.75) is 6.54 Å². The van der Waals surface area contributed by atoms with Gasteiger partial charge in [-0.25, -0.2) is 13.5 Å². The number of nitrogens with zero attached hydrogens (tertiary/aromatic N) is 4. The summed E-state index contributed by atoms with van der Waals surface area (Å²) in [6.45, 7) is 2.60. The van der Waals surface area contributed by atoms with Crippen molar-refractivity contribution in [1.29, 1.82) is 0 Å². The standard InChI is InChI=1S/C21H19ClF2N4O/c22-16-4-3-6-17(23)15(16)14-26-10-12-27(13-11-26)21(29)19-8-9-28(25-19)20-7-2-1-5-18(20)24/h1-9H,10-14H2. The molecule has 0 radical (unpaired) electrons. The molecular weight excluding hydrogens is 398 g/mol. The Balaban J connectivity index is 1.39. The molecule has 1 aliphatic heterocycles. The fourth-order valence-electron chi connectivity index (χ4n) is 3.39. The fourth-order valence-corrected chi connectivity index (χ4v) is 3.61. The van der Waals surface area contributed by atoms with Crippen molar-refractivity contribution in [3.05, 3.63) is 82.6 Å². The summed E-state index contributed by atoms with van der Waals surface area (Å²) >= 11 is 6.10. The number of carbonyl (C=O) groups is 1. The van der Waals surface area contributed by atoms with Crippen molar-refractivity contribution in [1.82, 2.24) is 19.6 Å². The van der Waals surface area contributed by atoms with Gasteiger partial charge >= 0.3 is 0 Å². The number of hydrogen-bond acceptors (Lipinski definition) is 3. The summed E-state index contributed by atoms with van der Waals surface area (Å²) in [5.41, 5.74) is 1.02. The van der Waals surface area contributed by atoms with Crippen LogP contribution in [-0.4, -0.2) is 51.7 Å². The molecule has 0 N–H and O–H groups in total. The molecule has 1 saturated heterocycles. The smallest absolute Gasteiger partial charge is 0.274 e. The van der Waals surface area contributed by atoms with Gasteiger partial charge in [0, 0.05) is 49.5 Å². The largest absolute Gasteiger partial charge is 0.335 e. The van der Waals surface area contributed by atoms with Crippen LogP contribution in [0.1, 0.15) is 16.1 Å².